The molecular weight excluding hydrogens is 354 g/mol. The molecule has 1 aromatic rings. The van der Waals surface area contributed by atoms with Gasteiger partial charge in [-0.3, -0.25) is 0 Å². The molecule has 1 atom stereocenters. The fourth-order valence-corrected chi connectivity index (χ4v) is 4.53. The van der Waals surface area contributed by atoms with Crippen LogP contribution in [0.5, 0.6) is 0 Å². The van der Waals surface area contributed by atoms with Crippen molar-refractivity contribution < 1.29 is 8.42 Å². The maximum Gasteiger partial charge on any atom is 0.241 e. The van der Waals surface area contributed by atoms with Crippen molar-refractivity contribution in [1.29, 1.82) is 0 Å². The van der Waals surface area contributed by atoms with E-state index in [0.717, 1.165) is 11.1 Å². The molecule has 1 rings (SSSR count). The molecule has 0 aliphatic carbocycles. The average molecular weight is 378 g/mol. The standard InChI is InChI=1S/C14H24BrN3O2S/c1-10-6-12(8-16-3)7-13(14(10)15)21(19,20)17-11(2)9-18(4)5/h6-7,11,16-17H,8-9H2,1-5H3. The zero-order valence-corrected chi connectivity index (χ0v) is 15.6. The van der Waals surface area contributed by atoms with E-state index in [9.17, 15) is 8.42 Å². The minimum atomic E-state index is -3.55. The van der Waals surface area contributed by atoms with E-state index in [2.05, 4.69) is 26.0 Å². The highest BCUT2D eigenvalue weighted by Gasteiger charge is 2.22. The van der Waals surface area contributed by atoms with Crippen molar-refractivity contribution in [2.75, 3.05) is 27.7 Å². The topological polar surface area (TPSA) is 61.4 Å². The van der Waals surface area contributed by atoms with Gasteiger partial charge in [-0.05, 0) is 68.1 Å². The van der Waals surface area contributed by atoms with Crippen LogP contribution in [-0.4, -0.2) is 47.0 Å². The van der Waals surface area contributed by atoms with Gasteiger partial charge >= 0.3 is 0 Å². The second kappa shape index (κ2) is 7.69. The van der Waals surface area contributed by atoms with E-state index in [4.69, 9.17) is 0 Å². The summed E-state index contributed by atoms with van der Waals surface area (Å²) < 4.78 is 28.5. The molecule has 0 saturated carbocycles. The van der Waals surface area contributed by atoms with E-state index in [0.29, 0.717) is 22.5 Å². The summed E-state index contributed by atoms with van der Waals surface area (Å²) in [6.45, 7) is 5.03. The molecule has 0 bridgehead atoms. The number of hydrogen-bond acceptors (Lipinski definition) is 4. The molecule has 0 amide bonds. The highest BCUT2D eigenvalue weighted by Crippen LogP contribution is 2.27. The van der Waals surface area contributed by atoms with Crippen molar-refractivity contribution >= 4 is 26.0 Å². The molecule has 0 spiro atoms. The number of aryl methyl sites for hydroxylation is 1. The van der Waals surface area contributed by atoms with E-state index >= 15 is 0 Å². The summed E-state index contributed by atoms with van der Waals surface area (Å²) in [6, 6.07) is 3.52. The van der Waals surface area contributed by atoms with E-state index in [1.165, 1.54) is 0 Å². The van der Waals surface area contributed by atoms with Gasteiger partial charge in [-0.2, -0.15) is 0 Å². The zero-order valence-electron chi connectivity index (χ0n) is 13.2. The molecule has 0 saturated heterocycles. The van der Waals surface area contributed by atoms with Crippen molar-refractivity contribution in [3.8, 4) is 0 Å². The first-order valence-electron chi connectivity index (χ1n) is 6.78. The predicted octanol–water partition coefficient (Wildman–Crippen LogP) is 1.71. The molecule has 0 heterocycles. The maximum atomic E-state index is 12.6. The number of sulfonamides is 1. The number of halogens is 1. The van der Waals surface area contributed by atoms with Gasteiger partial charge < -0.3 is 10.2 Å². The molecule has 1 aromatic carbocycles. The smallest absolute Gasteiger partial charge is 0.241 e. The van der Waals surface area contributed by atoms with E-state index in [1.807, 2.05) is 46.0 Å². The van der Waals surface area contributed by atoms with Crippen LogP contribution in [-0.2, 0) is 16.6 Å². The second-order valence-electron chi connectivity index (χ2n) is 5.54. The van der Waals surface area contributed by atoms with Gasteiger partial charge in [0.15, 0.2) is 0 Å². The number of nitrogens with one attached hydrogen (secondary N) is 2. The minimum Gasteiger partial charge on any atom is -0.316 e. The van der Waals surface area contributed by atoms with E-state index in [1.54, 1.807) is 6.07 Å². The molecule has 0 aliphatic heterocycles. The summed E-state index contributed by atoms with van der Waals surface area (Å²) in [5, 5.41) is 3.04. The van der Waals surface area contributed by atoms with Crippen LogP contribution in [0.25, 0.3) is 0 Å². The number of benzene rings is 1. The molecule has 0 aliphatic rings. The molecule has 0 fully saturated rings. The largest absolute Gasteiger partial charge is 0.316 e. The number of nitrogens with zero attached hydrogens (tertiary/aromatic N) is 1. The van der Waals surface area contributed by atoms with Gasteiger partial charge in [-0.1, -0.05) is 6.07 Å². The Hall–Kier alpha value is -0.470. The van der Waals surface area contributed by atoms with Crippen LogP contribution in [0.15, 0.2) is 21.5 Å². The lowest BCUT2D eigenvalue weighted by Crippen LogP contribution is -2.39. The Morgan fingerprint density at radius 3 is 2.48 bits per heavy atom. The fourth-order valence-electron chi connectivity index (χ4n) is 2.22. The first kappa shape index (κ1) is 18.6. The number of hydrogen-bond donors (Lipinski definition) is 2. The first-order valence-corrected chi connectivity index (χ1v) is 9.05. The highest BCUT2D eigenvalue weighted by molar-refractivity contribution is 9.10. The molecule has 21 heavy (non-hydrogen) atoms. The Labute approximate surface area is 136 Å². The van der Waals surface area contributed by atoms with Crippen molar-refractivity contribution in [2.24, 2.45) is 0 Å². The Kier molecular flexibility index (Phi) is 6.80. The van der Waals surface area contributed by atoms with Crippen LogP contribution in [0.4, 0.5) is 0 Å². The Balaban J connectivity index is 3.12. The molecule has 0 aromatic heterocycles. The lowest BCUT2D eigenvalue weighted by Gasteiger charge is -2.19. The SMILES string of the molecule is CNCc1cc(C)c(Br)c(S(=O)(=O)NC(C)CN(C)C)c1. The van der Waals surface area contributed by atoms with Crippen molar-refractivity contribution in [2.45, 2.75) is 31.3 Å². The Morgan fingerprint density at radius 2 is 1.95 bits per heavy atom. The number of rotatable bonds is 7. The third-order valence-corrected chi connectivity index (χ3v) is 5.88. The summed E-state index contributed by atoms with van der Waals surface area (Å²) in [4.78, 5) is 2.24. The zero-order chi connectivity index (χ0) is 16.2. The van der Waals surface area contributed by atoms with Gasteiger partial charge in [0.2, 0.25) is 10.0 Å². The van der Waals surface area contributed by atoms with Gasteiger partial charge in [0.05, 0.1) is 4.90 Å². The molecule has 2 N–H and O–H groups in total. The minimum absolute atomic E-state index is 0.162. The lowest BCUT2D eigenvalue weighted by atomic mass is 10.1. The van der Waals surface area contributed by atoms with Crippen LogP contribution < -0.4 is 10.0 Å². The molecule has 1 unspecified atom stereocenters. The summed E-state index contributed by atoms with van der Waals surface area (Å²) in [5.41, 5.74) is 1.85. The van der Waals surface area contributed by atoms with Gasteiger partial charge in [0.25, 0.3) is 0 Å². The summed E-state index contributed by atoms with van der Waals surface area (Å²) >= 11 is 3.39. The van der Waals surface area contributed by atoms with Crippen molar-refractivity contribution in [3.63, 3.8) is 0 Å². The molecular formula is C14H24BrN3O2S. The normalized spacial score (nSPS) is 13.7. The van der Waals surface area contributed by atoms with Gasteiger partial charge in [0, 0.05) is 23.6 Å². The van der Waals surface area contributed by atoms with E-state index in [-0.39, 0.29) is 6.04 Å². The van der Waals surface area contributed by atoms with Gasteiger partial charge in [-0.15, -0.1) is 0 Å². The van der Waals surface area contributed by atoms with Crippen molar-refractivity contribution in [1.82, 2.24) is 14.9 Å². The molecule has 120 valence electrons. The highest BCUT2D eigenvalue weighted by atomic mass is 79.9. The first-order chi connectivity index (χ1) is 9.67. The predicted molar refractivity (Wildman–Crippen MR) is 90.0 cm³/mol. The van der Waals surface area contributed by atoms with Gasteiger partial charge in [0.1, 0.15) is 0 Å². The third-order valence-electron chi connectivity index (χ3n) is 2.95. The Morgan fingerprint density at radius 1 is 1.33 bits per heavy atom. The van der Waals surface area contributed by atoms with Crippen molar-refractivity contribution in [3.05, 3.63) is 27.7 Å². The Bertz CT molecular complexity index is 588. The van der Waals surface area contributed by atoms with Crippen LogP contribution in [0.3, 0.4) is 0 Å². The second-order valence-corrected chi connectivity index (χ2v) is 8.02. The maximum absolute atomic E-state index is 12.6. The molecule has 7 heteroatoms. The molecule has 5 nitrogen and oxygen atoms in total. The fraction of sp³-hybridized carbons (Fsp3) is 0.571. The van der Waals surface area contributed by atoms with Crippen LogP contribution >= 0.6 is 15.9 Å². The monoisotopic (exact) mass is 377 g/mol. The average Bonchev–Trinajstić information content (AvgIpc) is 2.31. The summed E-state index contributed by atoms with van der Waals surface area (Å²) in [6.07, 6.45) is 0. The van der Waals surface area contributed by atoms with Crippen LogP contribution in [0, 0.1) is 6.92 Å². The van der Waals surface area contributed by atoms with Crippen LogP contribution in [0.2, 0.25) is 0 Å². The summed E-state index contributed by atoms with van der Waals surface area (Å²) in [5.74, 6) is 0. The number of likely N-dealkylation sites (N-methyl/N-ethyl adjacent to an activating group) is 1. The quantitative estimate of drug-likeness (QED) is 0.758. The third kappa shape index (κ3) is 5.34. The molecule has 0 radical (unpaired) electrons. The van der Waals surface area contributed by atoms with E-state index < -0.39 is 10.0 Å². The van der Waals surface area contributed by atoms with Crippen LogP contribution in [0.1, 0.15) is 18.1 Å². The summed E-state index contributed by atoms with van der Waals surface area (Å²) in [7, 11) is 2.12. The lowest BCUT2D eigenvalue weighted by molar-refractivity contribution is 0.370. The van der Waals surface area contributed by atoms with Gasteiger partial charge in [-0.25, -0.2) is 13.1 Å².